The summed E-state index contributed by atoms with van der Waals surface area (Å²) >= 11 is 6.28. The molecule has 0 saturated carbocycles. The number of aryl methyl sites for hydroxylation is 1. The Balaban J connectivity index is 1.78. The van der Waals surface area contributed by atoms with Crippen LogP contribution >= 0.6 is 11.6 Å². The number of benzene rings is 1. The van der Waals surface area contributed by atoms with E-state index in [9.17, 15) is 0 Å². The van der Waals surface area contributed by atoms with Gasteiger partial charge in [0, 0.05) is 19.1 Å². The van der Waals surface area contributed by atoms with Gasteiger partial charge in [0.1, 0.15) is 0 Å². The summed E-state index contributed by atoms with van der Waals surface area (Å²) in [5.74, 6) is 0.805. The number of nitrogens with one attached hydrogen (secondary N) is 1. The molecule has 2 aliphatic heterocycles. The topological polar surface area (TPSA) is 15.3 Å². The van der Waals surface area contributed by atoms with Crippen LogP contribution in [-0.2, 0) is 0 Å². The highest BCUT2D eigenvalue weighted by atomic mass is 35.5. The van der Waals surface area contributed by atoms with E-state index in [0.29, 0.717) is 6.04 Å². The molecule has 1 aromatic rings. The maximum atomic E-state index is 6.28. The van der Waals surface area contributed by atoms with E-state index in [4.69, 9.17) is 11.6 Å². The Hall–Kier alpha value is -0.730. The fourth-order valence-corrected chi connectivity index (χ4v) is 3.42. The van der Waals surface area contributed by atoms with Crippen LogP contribution in [0.3, 0.4) is 0 Å². The molecule has 3 rings (SSSR count). The van der Waals surface area contributed by atoms with E-state index in [1.807, 2.05) is 12.1 Å². The van der Waals surface area contributed by atoms with Crippen molar-refractivity contribution in [1.29, 1.82) is 0 Å². The van der Waals surface area contributed by atoms with Crippen molar-refractivity contribution in [2.75, 3.05) is 25.0 Å². The SMILES string of the molecule is Cc1cccc(Cl)c1NC1CCN2CCC1C2. The first-order chi connectivity index (χ1) is 8.24. The van der Waals surface area contributed by atoms with E-state index in [-0.39, 0.29) is 0 Å². The molecule has 3 unspecified atom stereocenters. The van der Waals surface area contributed by atoms with Crippen LogP contribution in [0.4, 0.5) is 5.69 Å². The molecule has 17 heavy (non-hydrogen) atoms. The second kappa shape index (κ2) is 4.51. The molecule has 2 heterocycles. The molecule has 2 aliphatic rings. The zero-order valence-electron chi connectivity index (χ0n) is 10.2. The molecule has 2 bridgehead atoms. The number of fused-ring (bicyclic) bond motifs is 2. The molecule has 0 radical (unpaired) electrons. The summed E-state index contributed by atoms with van der Waals surface area (Å²) < 4.78 is 0. The minimum atomic E-state index is 0.604. The summed E-state index contributed by atoms with van der Waals surface area (Å²) in [6.07, 6.45) is 2.58. The normalized spacial score (nSPS) is 31.5. The highest BCUT2D eigenvalue weighted by molar-refractivity contribution is 6.33. The molecule has 0 aromatic heterocycles. The lowest BCUT2D eigenvalue weighted by Gasteiger charge is -2.32. The van der Waals surface area contributed by atoms with Gasteiger partial charge in [0.25, 0.3) is 0 Å². The Morgan fingerprint density at radius 1 is 1.29 bits per heavy atom. The van der Waals surface area contributed by atoms with Crippen molar-refractivity contribution in [2.24, 2.45) is 5.92 Å². The van der Waals surface area contributed by atoms with E-state index in [1.165, 1.54) is 38.0 Å². The van der Waals surface area contributed by atoms with Gasteiger partial charge < -0.3 is 10.2 Å². The van der Waals surface area contributed by atoms with Crippen LogP contribution in [0.2, 0.25) is 5.02 Å². The van der Waals surface area contributed by atoms with Gasteiger partial charge in [-0.25, -0.2) is 0 Å². The van der Waals surface area contributed by atoms with Crippen LogP contribution in [-0.4, -0.2) is 30.6 Å². The van der Waals surface area contributed by atoms with Gasteiger partial charge in [0.05, 0.1) is 10.7 Å². The lowest BCUT2D eigenvalue weighted by atomic mass is 9.93. The molecule has 2 nitrogen and oxygen atoms in total. The summed E-state index contributed by atoms with van der Waals surface area (Å²) in [6.45, 7) is 5.90. The van der Waals surface area contributed by atoms with Gasteiger partial charge >= 0.3 is 0 Å². The lowest BCUT2D eigenvalue weighted by molar-refractivity contribution is 0.255. The van der Waals surface area contributed by atoms with Crippen LogP contribution in [0.25, 0.3) is 0 Å². The number of rotatable bonds is 2. The number of anilines is 1. The van der Waals surface area contributed by atoms with Gasteiger partial charge in [0.2, 0.25) is 0 Å². The molecule has 0 spiro atoms. The minimum Gasteiger partial charge on any atom is -0.381 e. The van der Waals surface area contributed by atoms with Crippen LogP contribution in [0.1, 0.15) is 18.4 Å². The van der Waals surface area contributed by atoms with Gasteiger partial charge in [0.15, 0.2) is 0 Å². The van der Waals surface area contributed by atoms with Crippen molar-refractivity contribution in [3.05, 3.63) is 28.8 Å². The Bertz CT molecular complexity index is 398. The van der Waals surface area contributed by atoms with E-state index in [2.05, 4.69) is 23.2 Å². The third kappa shape index (κ3) is 2.16. The molecule has 1 aromatic carbocycles. The highest BCUT2D eigenvalue weighted by Crippen LogP contribution is 2.32. The first-order valence-corrected chi connectivity index (χ1v) is 6.86. The zero-order valence-corrected chi connectivity index (χ0v) is 11.0. The van der Waals surface area contributed by atoms with Crippen molar-refractivity contribution < 1.29 is 0 Å². The van der Waals surface area contributed by atoms with Gasteiger partial charge in [-0.2, -0.15) is 0 Å². The number of para-hydroxylation sites is 1. The average Bonchev–Trinajstić information content (AvgIpc) is 2.70. The van der Waals surface area contributed by atoms with Crippen LogP contribution in [0.15, 0.2) is 18.2 Å². The van der Waals surface area contributed by atoms with Crippen molar-refractivity contribution in [1.82, 2.24) is 4.90 Å². The first kappa shape index (κ1) is 11.4. The van der Waals surface area contributed by atoms with Crippen molar-refractivity contribution in [3.63, 3.8) is 0 Å². The minimum absolute atomic E-state index is 0.604. The van der Waals surface area contributed by atoms with Crippen LogP contribution in [0, 0.1) is 12.8 Å². The molecule has 2 fully saturated rings. The lowest BCUT2D eigenvalue weighted by Crippen LogP contribution is -2.39. The molecular weight excluding hydrogens is 232 g/mol. The third-order valence-corrected chi connectivity index (χ3v) is 4.50. The van der Waals surface area contributed by atoms with Gasteiger partial charge in [-0.1, -0.05) is 23.7 Å². The molecule has 3 atom stereocenters. The monoisotopic (exact) mass is 250 g/mol. The molecule has 3 heteroatoms. The van der Waals surface area contributed by atoms with Gasteiger partial charge in [-0.05, 0) is 43.9 Å². The Morgan fingerprint density at radius 3 is 2.94 bits per heavy atom. The second-order valence-corrected chi connectivity index (χ2v) is 5.73. The Morgan fingerprint density at radius 2 is 2.12 bits per heavy atom. The van der Waals surface area contributed by atoms with Crippen molar-refractivity contribution in [3.8, 4) is 0 Å². The van der Waals surface area contributed by atoms with Crippen LogP contribution in [0.5, 0.6) is 0 Å². The number of halogens is 1. The van der Waals surface area contributed by atoms with Gasteiger partial charge in [-0.15, -0.1) is 0 Å². The smallest absolute Gasteiger partial charge is 0.0640 e. The quantitative estimate of drug-likeness (QED) is 0.868. The molecule has 92 valence electrons. The zero-order chi connectivity index (χ0) is 11.8. The summed E-state index contributed by atoms with van der Waals surface area (Å²) in [5.41, 5.74) is 2.39. The molecule has 2 saturated heterocycles. The molecule has 1 N–H and O–H groups in total. The summed E-state index contributed by atoms with van der Waals surface area (Å²) in [4.78, 5) is 2.57. The summed E-state index contributed by atoms with van der Waals surface area (Å²) in [6, 6.07) is 6.71. The van der Waals surface area contributed by atoms with Crippen molar-refractivity contribution in [2.45, 2.75) is 25.8 Å². The number of nitrogens with zero attached hydrogens (tertiary/aromatic N) is 1. The third-order valence-electron chi connectivity index (χ3n) is 4.19. The Kier molecular flexibility index (Phi) is 3.01. The van der Waals surface area contributed by atoms with Crippen molar-refractivity contribution >= 4 is 17.3 Å². The standard InChI is InChI=1S/C14H19ClN2/c1-10-3-2-4-12(15)14(10)16-13-6-8-17-7-5-11(13)9-17/h2-4,11,13,16H,5-9H2,1H3. The van der Waals surface area contributed by atoms with E-state index < -0.39 is 0 Å². The fourth-order valence-electron chi connectivity index (χ4n) is 3.14. The maximum absolute atomic E-state index is 6.28. The average molecular weight is 251 g/mol. The van der Waals surface area contributed by atoms with E-state index in [1.54, 1.807) is 0 Å². The maximum Gasteiger partial charge on any atom is 0.0640 e. The Labute approximate surface area is 108 Å². The fraction of sp³-hybridized carbons (Fsp3) is 0.571. The van der Waals surface area contributed by atoms with Crippen LogP contribution < -0.4 is 5.32 Å². The summed E-state index contributed by atoms with van der Waals surface area (Å²) in [7, 11) is 0. The number of hydrogen-bond donors (Lipinski definition) is 1. The second-order valence-electron chi connectivity index (χ2n) is 5.32. The molecule has 0 amide bonds. The largest absolute Gasteiger partial charge is 0.381 e. The number of piperidine rings is 1. The molecular formula is C14H19ClN2. The summed E-state index contributed by atoms with van der Waals surface area (Å²) in [5, 5.41) is 4.54. The predicted molar refractivity (Wildman–Crippen MR) is 72.8 cm³/mol. The first-order valence-electron chi connectivity index (χ1n) is 6.48. The number of hydrogen-bond acceptors (Lipinski definition) is 2. The van der Waals surface area contributed by atoms with E-state index in [0.717, 1.165) is 16.6 Å². The predicted octanol–water partition coefficient (Wildman–Crippen LogP) is 3.15. The highest BCUT2D eigenvalue weighted by Gasteiger charge is 2.34. The van der Waals surface area contributed by atoms with Gasteiger partial charge in [-0.3, -0.25) is 0 Å². The molecule has 0 aliphatic carbocycles. The van der Waals surface area contributed by atoms with E-state index >= 15 is 0 Å².